The van der Waals surface area contributed by atoms with Crippen LogP contribution in [0.2, 0.25) is 0 Å². The van der Waals surface area contributed by atoms with Gasteiger partial charge in [0.15, 0.2) is 0 Å². The Morgan fingerprint density at radius 1 is 1.60 bits per heavy atom. The van der Waals surface area contributed by atoms with Crippen molar-refractivity contribution in [3.8, 4) is 5.88 Å². The summed E-state index contributed by atoms with van der Waals surface area (Å²) in [5, 5.41) is 11.9. The van der Waals surface area contributed by atoms with Crippen molar-refractivity contribution in [2.75, 3.05) is 25.1 Å². The van der Waals surface area contributed by atoms with Crippen LogP contribution in [0.25, 0.3) is 0 Å². The molecule has 0 aromatic carbocycles. The van der Waals surface area contributed by atoms with Crippen molar-refractivity contribution in [3.63, 3.8) is 0 Å². The molecule has 1 unspecified atom stereocenters. The average Bonchev–Trinajstić information content (AvgIpc) is 2.27. The molecule has 0 aliphatic rings. The Hall–Kier alpha value is -1.36. The fourth-order valence-electron chi connectivity index (χ4n) is 0.986. The van der Waals surface area contributed by atoms with Gasteiger partial charge in [0, 0.05) is 25.4 Å². The summed E-state index contributed by atoms with van der Waals surface area (Å²) in [6.07, 6.45) is 1.64. The Balaban J connectivity index is 2.50. The molecule has 0 radical (unpaired) electrons. The number of aliphatic hydroxyl groups is 1. The van der Waals surface area contributed by atoms with Crippen molar-refractivity contribution in [1.29, 1.82) is 0 Å². The Bertz CT molecular complexity index is 294. The second kappa shape index (κ2) is 6.19. The fraction of sp³-hybridized carbons (Fsp3) is 0.600. The summed E-state index contributed by atoms with van der Waals surface area (Å²) in [5.41, 5.74) is 0. The van der Waals surface area contributed by atoms with Crippen LogP contribution in [0.5, 0.6) is 5.88 Å². The maximum atomic E-state index is 8.85. The summed E-state index contributed by atoms with van der Waals surface area (Å²) in [4.78, 5) is 8.19. The molecular weight excluding hydrogens is 194 g/mol. The monoisotopic (exact) mass is 211 g/mol. The number of hydrogen-bond donors (Lipinski definition) is 2. The first kappa shape index (κ1) is 11.7. The van der Waals surface area contributed by atoms with Gasteiger partial charge in [-0.05, 0) is 12.8 Å². The predicted molar refractivity (Wildman–Crippen MR) is 57.9 cm³/mol. The first-order valence-corrected chi connectivity index (χ1v) is 5.06. The van der Waals surface area contributed by atoms with Crippen LogP contribution in [-0.4, -0.2) is 34.8 Å². The van der Waals surface area contributed by atoms with E-state index in [0.29, 0.717) is 25.0 Å². The molecule has 2 N–H and O–H groups in total. The highest BCUT2D eigenvalue weighted by atomic mass is 16.5. The van der Waals surface area contributed by atoms with Crippen molar-refractivity contribution in [2.24, 2.45) is 5.92 Å². The molecule has 0 fully saturated rings. The molecule has 0 spiro atoms. The van der Waals surface area contributed by atoms with E-state index in [1.807, 2.05) is 13.8 Å². The van der Waals surface area contributed by atoms with Gasteiger partial charge in [0.2, 0.25) is 11.8 Å². The topological polar surface area (TPSA) is 67.3 Å². The van der Waals surface area contributed by atoms with Crippen LogP contribution in [0.3, 0.4) is 0 Å². The number of ether oxygens (including phenoxy) is 1. The molecule has 5 nitrogen and oxygen atoms in total. The lowest BCUT2D eigenvalue weighted by atomic mass is 10.2. The first-order valence-electron chi connectivity index (χ1n) is 5.06. The normalized spacial score (nSPS) is 12.2. The molecule has 0 saturated carbocycles. The molecule has 1 atom stereocenters. The van der Waals surface area contributed by atoms with Crippen LogP contribution in [0, 0.1) is 5.92 Å². The van der Waals surface area contributed by atoms with Crippen molar-refractivity contribution in [3.05, 3.63) is 12.3 Å². The minimum Gasteiger partial charge on any atom is -0.478 e. The number of hydrogen-bond acceptors (Lipinski definition) is 5. The summed E-state index contributed by atoms with van der Waals surface area (Å²) in [7, 11) is 0. The number of anilines is 1. The van der Waals surface area contributed by atoms with Gasteiger partial charge in [-0.2, -0.15) is 4.98 Å². The van der Waals surface area contributed by atoms with Crippen molar-refractivity contribution >= 4 is 5.95 Å². The number of aromatic nitrogens is 2. The smallest absolute Gasteiger partial charge is 0.225 e. The highest BCUT2D eigenvalue weighted by molar-refractivity contribution is 5.27. The molecule has 0 bridgehead atoms. The molecule has 1 heterocycles. The molecule has 1 aromatic rings. The van der Waals surface area contributed by atoms with E-state index >= 15 is 0 Å². The van der Waals surface area contributed by atoms with E-state index in [4.69, 9.17) is 9.84 Å². The molecular formula is C10H17N3O2. The van der Waals surface area contributed by atoms with Gasteiger partial charge in [-0.3, -0.25) is 0 Å². The van der Waals surface area contributed by atoms with Crippen molar-refractivity contribution < 1.29 is 9.84 Å². The molecule has 5 heteroatoms. The molecule has 1 aromatic heterocycles. The van der Waals surface area contributed by atoms with Gasteiger partial charge >= 0.3 is 0 Å². The van der Waals surface area contributed by atoms with E-state index in [1.165, 1.54) is 0 Å². The molecule has 0 aliphatic carbocycles. The Kier molecular flexibility index (Phi) is 4.83. The lowest BCUT2D eigenvalue weighted by molar-refractivity contribution is 0.244. The Morgan fingerprint density at radius 2 is 2.40 bits per heavy atom. The summed E-state index contributed by atoms with van der Waals surface area (Å²) in [5.74, 6) is 1.28. The van der Waals surface area contributed by atoms with Crippen molar-refractivity contribution in [1.82, 2.24) is 9.97 Å². The van der Waals surface area contributed by atoms with Gasteiger partial charge < -0.3 is 15.2 Å². The Labute approximate surface area is 89.5 Å². The van der Waals surface area contributed by atoms with E-state index in [-0.39, 0.29) is 12.5 Å². The second-order valence-electron chi connectivity index (χ2n) is 3.32. The molecule has 84 valence electrons. The van der Waals surface area contributed by atoms with E-state index in [9.17, 15) is 0 Å². The molecule has 15 heavy (non-hydrogen) atoms. The van der Waals surface area contributed by atoms with Gasteiger partial charge in [-0.15, -0.1) is 0 Å². The lowest BCUT2D eigenvalue weighted by Crippen LogP contribution is -2.16. The maximum Gasteiger partial charge on any atom is 0.225 e. The zero-order valence-electron chi connectivity index (χ0n) is 9.10. The summed E-state index contributed by atoms with van der Waals surface area (Å²) in [6.45, 7) is 5.23. The molecule has 0 saturated heterocycles. The number of aliphatic hydroxyl groups excluding tert-OH is 1. The average molecular weight is 211 g/mol. The van der Waals surface area contributed by atoms with Crippen LogP contribution >= 0.6 is 0 Å². The summed E-state index contributed by atoms with van der Waals surface area (Å²) >= 11 is 0. The van der Waals surface area contributed by atoms with E-state index in [1.54, 1.807) is 12.3 Å². The van der Waals surface area contributed by atoms with Gasteiger partial charge in [0.1, 0.15) is 0 Å². The lowest BCUT2D eigenvalue weighted by Gasteiger charge is -2.09. The van der Waals surface area contributed by atoms with Gasteiger partial charge in [-0.25, -0.2) is 4.98 Å². The standard InChI is InChI=1S/C10H17N3O2/c1-3-15-9-4-5-11-10(13-9)12-6-8(2)7-14/h4-5,8,14H,3,6-7H2,1-2H3,(H,11,12,13). The number of rotatable bonds is 6. The summed E-state index contributed by atoms with van der Waals surface area (Å²) in [6, 6.07) is 1.71. The third kappa shape index (κ3) is 4.12. The highest BCUT2D eigenvalue weighted by Crippen LogP contribution is 2.08. The maximum absolute atomic E-state index is 8.85. The third-order valence-electron chi connectivity index (χ3n) is 1.84. The van der Waals surface area contributed by atoms with Crippen molar-refractivity contribution in [2.45, 2.75) is 13.8 Å². The number of nitrogens with one attached hydrogen (secondary N) is 1. The SMILES string of the molecule is CCOc1ccnc(NCC(C)CO)n1. The largest absolute Gasteiger partial charge is 0.478 e. The first-order chi connectivity index (χ1) is 7.26. The van der Waals surface area contributed by atoms with Crippen LogP contribution in [0.15, 0.2) is 12.3 Å². The fourth-order valence-corrected chi connectivity index (χ4v) is 0.986. The van der Waals surface area contributed by atoms with Gasteiger partial charge in [0.05, 0.1) is 6.61 Å². The zero-order chi connectivity index (χ0) is 11.1. The molecule has 0 aliphatic heterocycles. The van der Waals surface area contributed by atoms with E-state index < -0.39 is 0 Å². The molecule has 0 amide bonds. The predicted octanol–water partition coefficient (Wildman–Crippen LogP) is 0.916. The van der Waals surface area contributed by atoms with Crippen LogP contribution in [-0.2, 0) is 0 Å². The highest BCUT2D eigenvalue weighted by Gasteiger charge is 2.02. The van der Waals surface area contributed by atoms with E-state index in [0.717, 1.165) is 0 Å². The second-order valence-corrected chi connectivity index (χ2v) is 3.32. The quantitative estimate of drug-likeness (QED) is 0.732. The Morgan fingerprint density at radius 3 is 3.07 bits per heavy atom. The van der Waals surface area contributed by atoms with E-state index in [2.05, 4.69) is 15.3 Å². The molecule has 1 rings (SSSR count). The van der Waals surface area contributed by atoms with Crippen LogP contribution in [0.4, 0.5) is 5.95 Å². The summed E-state index contributed by atoms with van der Waals surface area (Å²) < 4.78 is 5.24. The van der Waals surface area contributed by atoms with Gasteiger partial charge in [-0.1, -0.05) is 6.92 Å². The third-order valence-corrected chi connectivity index (χ3v) is 1.84. The zero-order valence-corrected chi connectivity index (χ0v) is 9.10. The minimum absolute atomic E-state index is 0.151. The minimum atomic E-state index is 0.151. The number of nitrogens with zero attached hydrogens (tertiary/aromatic N) is 2. The van der Waals surface area contributed by atoms with Gasteiger partial charge in [0.25, 0.3) is 0 Å². The van der Waals surface area contributed by atoms with Crippen LogP contribution < -0.4 is 10.1 Å². The van der Waals surface area contributed by atoms with Crippen LogP contribution in [0.1, 0.15) is 13.8 Å².